The minimum atomic E-state index is -2.25. The third kappa shape index (κ3) is 9.38. The molecule has 61 heavy (non-hydrogen) atoms. The van der Waals surface area contributed by atoms with Crippen LogP contribution in [0.15, 0.2) is 121 Å². The first-order chi connectivity index (χ1) is 29.3. The highest BCUT2D eigenvalue weighted by Crippen LogP contribution is 2.45. The first-order valence-corrected chi connectivity index (χ1v) is 19.9. The molecule has 0 aliphatic carbocycles. The van der Waals surface area contributed by atoms with E-state index < -0.39 is 103 Å². The van der Waals surface area contributed by atoms with Crippen molar-refractivity contribution in [1.29, 1.82) is 0 Å². The molecule has 4 fully saturated rings. The van der Waals surface area contributed by atoms with Gasteiger partial charge in [-0.1, -0.05) is 72.8 Å². The summed E-state index contributed by atoms with van der Waals surface area (Å²) in [7, 11) is 0. The van der Waals surface area contributed by atoms with Crippen molar-refractivity contribution in [3.8, 4) is 0 Å². The Labute approximate surface area is 352 Å². The summed E-state index contributed by atoms with van der Waals surface area (Å²) in [6.45, 7) is 5.48. The maximum Gasteiger partial charge on any atom is 0.338 e. The summed E-state index contributed by atoms with van der Waals surface area (Å²) in [6.07, 6.45) is -8.66. The van der Waals surface area contributed by atoms with E-state index >= 15 is 0 Å². The van der Waals surface area contributed by atoms with Crippen molar-refractivity contribution >= 4 is 23.9 Å². The Hall–Kier alpha value is -5.52. The van der Waals surface area contributed by atoms with Gasteiger partial charge in [0, 0.05) is 0 Å². The summed E-state index contributed by atoms with van der Waals surface area (Å²) in [6, 6.07) is 32.5. The molecular weight excluding hydrogens is 792 g/mol. The lowest BCUT2D eigenvalue weighted by Crippen LogP contribution is -2.68. The largest absolute Gasteiger partial charge is 0.456 e. The van der Waals surface area contributed by atoms with Crippen molar-refractivity contribution in [2.24, 2.45) is 0 Å². The number of fused-ring (bicyclic) bond motifs is 3. The molecule has 0 spiro atoms. The van der Waals surface area contributed by atoms with Crippen molar-refractivity contribution in [2.75, 3.05) is 19.8 Å². The fraction of sp³-hybridized carbons (Fsp3) is 0.391. The zero-order chi connectivity index (χ0) is 42.8. The van der Waals surface area contributed by atoms with Gasteiger partial charge in [-0.15, -0.1) is 0 Å². The van der Waals surface area contributed by atoms with Gasteiger partial charge in [0.15, 0.2) is 36.2 Å². The molecule has 4 saturated heterocycles. The number of esters is 4. The fourth-order valence-electron chi connectivity index (χ4n) is 7.71. The van der Waals surface area contributed by atoms with E-state index in [1.165, 1.54) is 24.3 Å². The number of rotatable bonds is 12. The normalized spacial score (nSPS) is 29.6. The van der Waals surface area contributed by atoms with E-state index in [1.807, 2.05) is 0 Å². The molecule has 0 N–H and O–H groups in total. The summed E-state index contributed by atoms with van der Waals surface area (Å²) in [5.74, 6) is -7.56. The molecule has 0 radical (unpaired) electrons. The number of benzene rings is 4. The lowest BCUT2D eigenvalue weighted by Gasteiger charge is -2.48. The lowest BCUT2D eigenvalue weighted by molar-refractivity contribution is -0.356. The number of carbonyl (C=O) groups excluding carboxylic acids is 4. The number of ether oxygens (including phenoxy) is 11. The van der Waals surface area contributed by atoms with Gasteiger partial charge in [-0.2, -0.15) is 0 Å². The summed E-state index contributed by atoms with van der Waals surface area (Å²) in [4.78, 5) is 55.4. The standard InChI is InChI=1S/C46H46O15/c1-44(2)58-34-32(55-43-37(36(34)59-44)60-45(3,4)61-43)25-52-46(27-51-39(47)28-17-9-5-10-18-28)38(57-42(50)31-23-15-8-16-24-31)35(56-41(49)30-21-13-7-14-22-30)33(26-53-46)54-40(48)29-19-11-6-12-20-29/h5-24,32-38,43H,25-27H2,1-4H3/t32-,33-,34+,35-,36+,37-,38+,43-,46-/m1/s1. The van der Waals surface area contributed by atoms with E-state index in [4.69, 9.17) is 52.1 Å². The quantitative estimate of drug-likeness (QED) is 0.126. The second-order valence-corrected chi connectivity index (χ2v) is 15.8. The third-order valence-corrected chi connectivity index (χ3v) is 10.5. The molecule has 4 aromatic carbocycles. The average Bonchev–Trinajstić information content (AvgIpc) is 3.78. The number of carbonyl (C=O) groups is 4. The van der Waals surface area contributed by atoms with Crippen molar-refractivity contribution in [3.63, 3.8) is 0 Å². The smallest absolute Gasteiger partial charge is 0.338 e. The first kappa shape index (κ1) is 42.2. The van der Waals surface area contributed by atoms with Crippen molar-refractivity contribution in [2.45, 2.75) is 94.1 Å². The van der Waals surface area contributed by atoms with Crippen LogP contribution in [0.2, 0.25) is 0 Å². The highest BCUT2D eigenvalue weighted by atomic mass is 16.9. The Balaban J connectivity index is 1.19. The number of hydrogen-bond donors (Lipinski definition) is 0. The molecule has 15 nitrogen and oxygen atoms in total. The molecule has 0 amide bonds. The second-order valence-electron chi connectivity index (χ2n) is 15.8. The molecule has 0 saturated carbocycles. The molecule has 4 heterocycles. The minimum absolute atomic E-state index is 0.124. The Morgan fingerprint density at radius 3 is 1.57 bits per heavy atom. The molecule has 320 valence electrons. The van der Waals surface area contributed by atoms with Gasteiger partial charge >= 0.3 is 23.9 Å². The molecule has 8 rings (SSSR count). The topological polar surface area (TPSA) is 170 Å². The fourth-order valence-corrected chi connectivity index (χ4v) is 7.71. The molecule has 4 aliphatic rings. The van der Waals surface area contributed by atoms with Crippen molar-refractivity contribution in [1.82, 2.24) is 0 Å². The van der Waals surface area contributed by atoms with Crippen LogP contribution in [0.4, 0.5) is 0 Å². The summed E-state index contributed by atoms with van der Waals surface area (Å²) in [5, 5.41) is 0. The van der Waals surface area contributed by atoms with Gasteiger partial charge < -0.3 is 52.1 Å². The van der Waals surface area contributed by atoms with Crippen LogP contribution >= 0.6 is 0 Å². The van der Waals surface area contributed by atoms with Crippen LogP contribution < -0.4 is 0 Å². The first-order valence-electron chi connectivity index (χ1n) is 19.9. The van der Waals surface area contributed by atoms with Gasteiger partial charge in [0.05, 0.1) is 35.5 Å². The van der Waals surface area contributed by atoms with Crippen molar-refractivity contribution in [3.05, 3.63) is 144 Å². The molecule has 0 bridgehead atoms. The molecule has 0 unspecified atom stereocenters. The van der Waals surface area contributed by atoms with Crippen LogP contribution in [0.25, 0.3) is 0 Å². The molecular formula is C46H46O15. The van der Waals surface area contributed by atoms with Gasteiger partial charge in [0.2, 0.25) is 5.79 Å². The molecule has 0 aromatic heterocycles. The van der Waals surface area contributed by atoms with Crippen LogP contribution in [-0.4, -0.2) is 110 Å². The molecule has 4 aliphatic heterocycles. The van der Waals surface area contributed by atoms with E-state index in [0.717, 1.165) is 0 Å². The summed E-state index contributed by atoms with van der Waals surface area (Å²) in [5.41, 5.74) is 0.676. The summed E-state index contributed by atoms with van der Waals surface area (Å²) < 4.78 is 68.9. The van der Waals surface area contributed by atoms with E-state index in [0.29, 0.717) is 0 Å². The molecule has 15 heteroatoms. The Bertz CT molecular complexity index is 2170. The number of hydrogen-bond acceptors (Lipinski definition) is 15. The van der Waals surface area contributed by atoms with Crippen LogP contribution in [-0.2, 0) is 52.1 Å². The van der Waals surface area contributed by atoms with E-state index in [-0.39, 0.29) is 28.9 Å². The van der Waals surface area contributed by atoms with E-state index in [2.05, 4.69) is 0 Å². The monoisotopic (exact) mass is 838 g/mol. The Morgan fingerprint density at radius 1 is 0.557 bits per heavy atom. The van der Waals surface area contributed by atoms with Gasteiger partial charge in [-0.05, 0) is 76.2 Å². The van der Waals surface area contributed by atoms with Gasteiger partial charge in [-0.3, -0.25) is 0 Å². The summed E-state index contributed by atoms with van der Waals surface area (Å²) >= 11 is 0. The van der Waals surface area contributed by atoms with E-state index in [1.54, 1.807) is 125 Å². The molecule has 9 atom stereocenters. The predicted octanol–water partition coefficient (Wildman–Crippen LogP) is 5.66. The van der Waals surface area contributed by atoms with Gasteiger partial charge in [0.25, 0.3) is 0 Å². The average molecular weight is 839 g/mol. The van der Waals surface area contributed by atoms with Crippen LogP contribution in [0, 0.1) is 0 Å². The van der Waals surface area contributed by atoms with Crippen LogP contribution in [0.3, 0.4) is 0 Å². The Kier molecular flexibility index (Phi) is 12.1. The van der Waals surface area contributed by atoms with E-state index in [9.17, 15) is 19.2 Å². The van der Waals surface area contributed by atoms with Crippen molar-refractivity contribution < 1.29 is 71.3 Å². The lowest BCUT2D eigenvalue weighted by atomic mass is 9.95. The van der Waals surface area contributed by atoms with Crippen LogP contribution in [0.5, 0.6) is 0 Å². The maximum absolute atomic E-state index is 14.1. The SMILES string of the molecule is CC1(C)O[C@H]2[C@@H](O1)[C@@H](CO[C@]1(COC(=O)c3ccccc3)OC[C@@H](OC(=O)c3ccccc3)[C@@H](OC(=O)c3ccccc3)[C@@H]1OC(=O)c1ccccc1)O[C@@H]1OC(C)(C)O[C@@H]12. The maximum atomic E-state index is 14.1. The highest BCUT2D eigenvalue weighted by molar-refractivity contribution is 5.91. The highest BCUT2D eigenvalue weighted by Gasteiger charge is 2.63. The Morgan fingerprint density at radius 2 is 1.02 bits per heavy atom. The van der Waals surface area contributed by atoms with Crippen LogP contribution in [0.1, 0.15) is 69.1 Å². The zero-order valence-corrected chi connectivity index (χ0v) is 33.9. The predicted molar refractivity (Wildman–Crippen MR) is 211 cm³/mol. The molecule has 4 aromatic rings. The second kappa shape index (κ2) is 17.5. The zero-order valence-electron chi connectivity index (χ0n) is 33.9. The third-order valence-electron chi connectivity index (χ3n) is 10.5. The van der Waals surface area contributed by atoms with Gasteiger partial charge in [-0.25, -0.2) is 19.2 Å². The minimum Gasteiger partial charge on any atom is -0.456 e. The van der Waals surface area contributed by atoms with Gasteiger partial charge in [0.1, 0.15) is 31.0 Å².